The summed E-state index contributed by atoms with van der Waals surface area (Å²) in [7, 11) is 1.71. The zero-order valence-corrected chi connectivity index (χ0v) is 11.3. The highest BCUT2D eigenvalue weighted by molar-refractivity contribution is 7.17. The average Bonchev–Trinajstić information content (AvgIpc) is 2.82. The van der Waals surface area contributed by atoms with Gasteiger partial charge in [-0.3, -0.25) is 0 Å². The second-order valence-electron chi connectivity index (χ2n) is 4.33. The van der Waals surface area contributed by atoms with Gasteiger partial charge in [-0.15, -0.1) is 11.3 Å². The zero-order chi connectivity index (χ0) is 12.5. The third-order valence-electron chi connectivity index (χ3n) is 3.22. The fourth-order valence-electron chi connectivity index (χ4n) is 2.22. The Morgan fingerprint density at radius 2 is 1.83 bits per heavy atom. The SMILES string of the molecule is COc1ccc2scc(-c3ccccc3C)c2c1. The minimum absolute atomic E-state index is 0.913. The maximum absolute atomic E-state index is 5.32. The molecular formula is C16H14OS. The summed E-state index contributed by atoms with van der Waals surface area (Å²) in [6.45, 7) is 2.15. The van der Waals surface area contributed by atoms with Crippen molar-refractivity contribution in [3.05, 3.63) is 53.4 Å². The van der Waals surface area contributed by atoms with Crippen molar-refractivity contribution in [2.75, 3.05) is 7.11 Å². The van der Waals surface area contributed by atoms with E-state index in [0.717, 1.165) is 5.75 Å². The van der Waals surface area contributed by atoms with Gasteiger partial charge in [0.05, 0.1) is 7.11 Å². The first-order chi connectivity index (χ1) is 8.79. The summed E-state index contributed by atoms with van der Waals surface area (Å²) in [5.74, 6) is 0.913. The first-order valence-electron chi connectivity index (χ1n) is 5.91. The minimum Gasteiger partial charge on any atom is -0.497 e. The van der Waals surface area contributed by atoms with Gasteiger partial charge in [0, 0.05) is 15.6 Å². The highest BCUT2D eigenvalue weighted by Gasteiger charge is 2.09. The largest absolute Gasteiger partial charge is 0.497 e. The second kappa shape index (κ2) is 4.46. The molecule has 2 heteroatoms. The van der Waals surface area contributed by atoms with E-state index in [9.17, 15) is 0 Å². The summed E-state index contributed by atoms with van der Waals surface area (Å²) in [6, 6.07) is 14.8. The number of ether oxygens (including phenoxy) is 1. The number of methoxy groups -OCH3 is 1. The third-order valence-corrected chi connectivity index (χ3v) is 4.18. The molecule has 0 radical (unpaired) electrons. The molecule has 0 N–H and O–H groups in total. The average molecular weight is 254 g/mol. The van der Waals surface area contributed by atoms with Gasteiger partial charge in [-0.25, -0.2) is 0 Å². The quantitative estimate of drug-likeness (QED) is 0.633. The van der Waals surface area contributed by atoms with Crippen LogP contribution in [-0.2, 0) is 0 Å². The van der Waals surface area contributed by atoms with Crippen molar-refractivity contribution in [3.8, 4) is 16.9 Å². The van der Waals surface area contributed by atoms with Crippen LogP contribution in [0, 0.1) is 6.92 Å². The Balaban J connectivity index is 2.26. The summed E-state index contributed by atoms with van der Waals surface area (Å²) < 4.78 is 6.62. The molecule has 18 heavy (non-hydrogen) atoms. The highest BCUT2D eigenvalue weighted by atomic mass is 32.1. The number of benzene rings is 2. The second-order valence-corrected chi connectivity index (χ2v) is 5.24. The molecule has 0 aliphatic carbocycles. The maximum Gasteiger partial charge on any atom is 0.119 e. The van der Waals surface area contributed by atoms with E-state index in [0.29, 0.717) is 0 Å². The van der Waals surface area contributed by atoms with E-state index in [1.807, 2.05) is 6.07 Å². The predicted octanol–water partition coefficient (Wildman–Crippen LogP) is 4.89. The molecule has 1 nitrogen and oxygen atoms in total. The molecule has 1 aromatic heterocycles. The lowest BCUT2D eigenvalue weighted by Gasteiger charge is -2.05. The van der Waals surface area contributed by atoms with E-state index >= 15 is 0 Å². The number of hydrogen-bond acceptors (Lipinski definition) is 2. The molecule has 2 aromatic carbocycles. The Kier molecular flexibility index (Phi) is 2.80. The fourth-order valence-corrected chi connectivity index (χ4v) is 3.16. The number of fused-ring (bicyclic) bond motifs is 1. The molecule has 0 saturated carbocycles. The van der Waals surface area contributed by atoms with Crippen LogP contribution in [0.3, 0.4) is 0 Å². The Hall–Kier alpha value is -1.80. The van der Waals surface area contributed by atoms with Crippen LogP contribution in [0.2, 0.25) is 0 Å². The maximum atomic E-state index is 5.32. The molecule has 0 aliphatic rings. The first kappa shape index (κ1) is 11.3. The van der Waals surface area contributed by atoms with Crippen molar-refractivity contribution in [3.63, 3.8) is 0 Å². The van der Waals surface area contributed by atoms with E-state index in [4.69, 9.17) is 4.74 Å². The Morgan fingerprint density at radius 3 is 2.61 bits per heavy atom. The molecule has 3 rings (SSSR count). The molecule has 0 aliphatic heterocycles. The lowest BCUT2D eigenvalue weighted by molar-refractivity contribution is 0.415. The molecular weight excluding hydrogens is 240 g/mol. The molecule has 0 amide bonds. The zero-order valence-electron chi connectivity index (χ0n) is 10.4. The summed E-state index contributed by atoms with van der Waals surface area (Å²) >= 11 is 1.78. The van der Waals surface area contributed by atoms with Crippen LogP contribution < -0.4 is 4.74 Å². The van der Waals surface area contributed by atoms with E-state index in [-0.39, 0.29) is 0 Å². The summed E-state index contributed by atoms with van der Waals surface area (Å²) in [4.78, 5) is 0. The first-order valence-corrected chi connectivity index (χ1v) is 6.79. The molecule has 0 spiro atoms. The van der Waals surface area contributed by atoms with Gasteiger partial charge in [0.25, 0.3) is 0 Å². The normalized spacial score (nSPS) is 10.8. The summed E-state index contributed by atoms with van der Waals surface area (Å²) in [5.41, 5.74) is 3.91. The number of rotatable bonds is 2. The van der Waals surface area contributed by atoms with Crippen LogP contribution in [0.5, 0.6) is 5.75 Å². The van der Waals surface area contributed by atoms with E-state index in [1.54, 1.807) is 18.4 Å². The smallest absolute Gasteiger partial charge is 0.119 e. The standard InChI is InChI=1S/C16H14OS/c1-11-5-3-4-6-13(11)15-10-18-16-8-7-12(17-2)9-14(15)16/h3-10H,1-2H3. The van der Waals surface area contributed by atoms with Gasteiger partial charge in [0.15, 0.2) is 0 Å². The van der Waals surface area contributed by atoms with Gasteiger partial charge < -0.3 is 4.74 Å². The van der Waals surface area contributed by atoms with Crippen LogP contribution in [0.1, 0.15) is 5.56 Å². The monoisotopic (exact) mass is 254 g/mol. The topological polar surface area (TPSA) is 9.23 Å². The van der Waals surface area contributed by atoms with Crippen LogP contribution in [0.25, 0.3) is 21.2 Å². The van der Waals surface area contributed by atoms with Crippen molar-refractivity contribution in [2.45, 2.75) is 6.92 Å². The van der Waals surface area contributed by atoms with Crippen molar-refractivity contribution < 1.29 is 4.74 Å². The van der Waals surface area contributed by atoms with Gasteiger partial charge in [-0.1, -0.05) is 24.3 Å². The predicted molar refractivity (Wildman–Crippen MR) is 78.6 cm³/mol. The van der Waals surface area contributed by atoms with Crippen molar-refractivity contribution in [1.82, 2.24) is 0 Å². The number of hydrogen-bond donors (Lipinski definition) is 0. The molecule has 0 saturated heterocycles. The third kappa shape index (κ3) is 1.79. The van der Waals surface area contributed by atoms with Gasteiger partial charge >= 0.3 is 0 Å². The number of thiophene rings is 1. The molecule has 1 heterocycles. The molecule has 0 fully saturated rings. The van der Waals surface area contributed by atoms with E-state index < -0.39 is 0 Å². The molecule has 0 bridgehead atoms. The molecule has 0 unspecified atom stereocenters. The van der Waals surface area contributed by atoms with Crippen LogP contribution in [0.15, 0.2) is 47.8 Å². The van der Waals surface area contributed by atoms with Crippen molar-refractivity contribution in [2.24, 2.45) is 0 Å². The van der Waals surface area contributed by atoms with Crippen LogP contribution in [-0.4, -0.2) is 7.11 Å². The van der Waals surface area contributed by atoms with Crippen molar-refractivity contribution >= 4 is 21.4 Å². The lowest BCUT2D eigenvalue weighted by atomic mass is 10.0. The molecule has 90 valence electrons. The highest BCUT2D eigenvalue weighted by Crippen LogP contribution is 2.37. The van der Waals surface area contributed by atoms with Gasteiger partial charge in [0.2, 0.25) is 0 Å². The Labute approximate surface area is 111 Å². The molecule has 3 aromatic rings. The lowest BCUT2D eigenvalue weighted by Crippen LogP contribution is -1.83. The van der Waals surface area contributed by atoms with Crippen LogP contribution in [0.4, 0.5) is 0 Å². The van der Waals surface area contributed by atoms with Gasteiger partial charge in [-0.2, -0.15) is 0 Å². The van der Waals surface area contributed by atoms with E-state index in [1.165, 1.54) is 26.8 Å². The Bertz CT molecular complexity index is 697. The van der Waals surface area contributed by atoms with Crippen LogP contribution >= 0.6 is 11.3 Å². The summed E-state index contributed by atoms with van der Waals surface area (Å²) in [6.07, 6.45) is 0. The van der Waals surface area contributed by atoms with E-state index in [2.05, 4.69) is 48.7 Å². The van der Waals surface area contributed by atoms with Gasteiger partial charge in [-0.05, 0) is 41.6 Å². The number of aryl methyl sites for hydroxylation is 1. The fraction of sp³-hybridized carbons (Fsp3) is 0.125. The molecule has 0 atom stereocenters. The Morgan fingerprint density at radius 1 is 1.00 bits per heavy atom. The van der Waals surface area contributed by atoms with Gasteiger partial charge in [0.1, 0.15) is 5.75 Å². The minimum atomic E-state index is 0.913. The summed E-state index contributed by atoms with van der Waals surface area (Å²) in [5, 5.41) is 3.50. The van der Waals surface area contributed by atoms with Crippen molar-refractivity contribution in [1.29, 1.82) is 0 Å².